The Kier molecular flexibility index (Phi) is 1.34. The maximum absolute atomic E-state index is 2.47. The van der Waals surface area contributed by atoms with E-state index in [1.165, 1.54) is 13.0 Å². The van der Waals surface area contributed by atoms with Crippen molar-refractivity contribution < 1.29 is 0 Å². The molecule has 0 N–H and O–H groups in total. The lowest BCUT2D eigenvalue weighted by molar-refractivity contribution is 0.120. The maximum Gasteiger partial charge on any atom is 0.0301 e. The van der Waals surface area contributed by atoms with E-state index in [-0.39, 0.29) is 0 Å². The van der Waals surface area contributed by atoms with E-state index in [2.05, 4.69) is 31.0 Å². The molecule has 1 fully saturated rings. The molecule has 0 amide bonds. The van der Waals surface area contributed by atoms with Crippen molar-refractivity contribution in [3.05, 3.63) is 12.2 Å². The third kappa shape index (κ3) is 0.807. The molecule has 3 rings (SSSR count). The van der Waals surface area contributed by atoms with E-state index in [0.717, 1.165) is 17.9 Å². The molecule has 56 valence electrons. The predicted molar refractivity (Wildman–Crippen MR) is 42.8 cm³/mol. The Bertz CT molecular complexity index is 150. The maximum atomic E-state index is 2.47. The summed E-state index contributed by atoms with van der Waals surface area (Å²) in [7, 11) is 2.23. The molecule has 1 saturated heterocycles. The van der Waals surface area contributed by atoms with Gasteiger partial charge in [0, 0.05) is 12.6 Å². The fourth-order valence-electron chi connectivity index (χ4n) is 2.36. The van der Waals surface area contributed by atoms with Crippen molar-refractivity contribution in [2.45, 2.75) is 19.4 Å². The van der Waals surface area contributed by atoms with E-state index in [0.29, 0.717) is 0 Å². The van der Waals surface area contributed by atoms with Gasteiger partial charge in [-0.15, -0.1) is 0 Å². The van der Waals surface area contributed by atoms with Crippen LogP contribution >= 0.6 is 0 Å². The van der Waals surface area contributed by atoms with Crippen LogP contribution in [0, 0.1) is 11.8 Å². The summed E-state index contributed by atoms with van der Waals surface area (Å²) in [6.07, 6.45) is 6.18. The minimum Gasteiger partial charge on any atom is -0.299 e. The van der Waals surface area contributed by atoms with Gasteiger partial charge in [-0.2, -0.15) is 0 Å². The van der Waals surface area contributed by atoms with Crippen LogP contribution in [0.3, 0.4) is 0 Å². The standard InChI is InChI=1S/C9H15N/c1-7-5-8-3-4-9(7)10(2)6-8/h3-4,7-9H,5-6H2,1-2H3. The second-order valence-corrected chi connectivity index (χ2v) is 3.79. The number of rotatable bonds is 0. The summed E-state index contributed by atoms with van der Waals surface area (Å²) in [5.41, 5.74) is 0. The molecule has 1 aliphatic carbocycles. The van der Waals surface area contributed by atoms with Crippen molar-refractivity contribution in [1.82, 2.24) is 4.90 Å². The van der Waals surface area contributed by atoms with Gasteiger partial charge in [0.05, 0.1) is 0 Å². The van der Waals surface area contributed by atoms with Gasteiger partial charge in [-0.05, 0) is 25.3 Å². The van der Waals surface area contributed by atoms with E-state index in [1.54, 1.807) is 0 Å². The molecule has 2 heterocycles. The molecular formula is C9H15N. The van der Waals surface area contributed by atoms with Crippen molar-refractivity contribution in [3.8, 4) is 0 Å². The van der Waals surface area contributed by atoms with Crippen LogP contribution in [-0.4, -0.2) is 24.5 Å². The Hall–Kier alpha value is -0.300. The lowest BCUT2D eigenvalue weighted by atomic mass is 9.79. The molecule has 3 unspecified atom stereocenters. The van der Waals surface area contributed by atoms with Crippen LogP contribution in [0.25, 0.3) is 0 Å². The minimum atomic E-state index is 0.741. The Morgan fingerprint density at radius 1 is 1.40 bits per heavy atom. The first-order chi connectivity index (χ1) is 4.77. The average molecular weight is 137 g/mol. The summed E-state index contributed by atoms with van der Waals surface area (Å²) < 4.78 is 0. The number of likely N-dealkylation sites (N-methyl/N-ethyl adjacent to an activating group) is 1. The lowest BCUT2D eigenvalue weighted by Gasteiger charge is -2.43. The number of fused-ring (bicyclic) bond motifs is 2. The normalized spacial score (nSPS) is 46.4. The number of piperidine rings is 1. The molecule has 0 radical (unpaired) electrons. The monoisotopic (exact) mass is 137 g/mol. The van der Waals surface area contributed by atoms with Gasteiger partial charge in [-0.1, -0.05) is 19.1 Å². The SMILES string of the molecule is CC1CC2C=CC1N(C)C2. The molecule has 10 heavy (non-hydrogen) atoms. The summed E-state index contributed by atoms with van der Waals surface area (Å²) in [4.78, 5) is 2.47. The predicted octanol–water partition coefficient (Wildman–Crippen LogP) is 1.51. The van der Waals surface area contributed by atoms with Crippen molar-refractivity contribution >= 4 is 0 Å². The zero-order valence-electron chi connectivity index (χ0n) is 6.75. The van der Waals surface area contributed by atoms with E-state index in [9.17, 15) is 0 Å². The lowest BCUT2D eigenvalue weighted by Crippen LogP contribution is -2.47. The van der Waals surface area contributed by atoms with E-state index in [4.69, 9.17) is 0 Å². The van der Waals surface area contributed by atoms with Gasteiger partial charge in [0.1, 0.15) is 0 Å². The number of hydrogen-bond donors (Lipinski definition) is 0. The van der Waals surface area contributed by atoms with Gasteiger partial charge in [0.15, 0.2) is 0 Å². The largest absolute Gasteiger partial charge is 0.299 e. The summed E-state index contributed by atoms with van der Waals surface area (Å²) in [6, 6.07) is 0.741. The van der Waals surface area contributed by atoms with Gasteiger partial charge in [-0.3, -0.25) is 4.90 Å². The zero-order valence-corrected chi connectivity index (χ0v) is 6.75. The van der Waals surface area contributed by atoms with Gasteiger partial charge >= 0.3 is 0 Å². The van der Waals surface area contributed by atoms with Crippen LogP contribution < -0.4 is 0 Å². The molecule has 0 aromatic rings. The Labute approximate surface area is 62.7 Å². The Balaban J connectivity index is 2.22. The Morgan fingerprint density at radius 2 is 2.20 bits per heavy atom. The minimum absolute atomic E-state index is 0.741. The molecule has 3 aliphatic rings. The number of nitrogens with zero attached hydrogens (tertiary/aromatic N) is 1. The molecule has 0 aromatic carbocycles. The van der Waals surface area contributed by atoms with Crippen molar-refractivity contribution in [2.75, 3.05) is 13.6 Å². The molecule has 2 aliphatic heterocycles. The van der Waals surface area contributed by atoms with Crippen LogP contribution in [-0.2, 0) is 0 Å². The topological polar surface area (TPSA) is 3.24 Å². The van der Waals surface area contributed by atoms with E-state index in [1.807, 2.05) is 0 Å². The van der Waals surface area contributed by atoms with Crippen molar-refractivity contribution in [3.63, 3.8) is 0 Å². The van der Waals surface area contributed by atoms with E-state index >= 15 is 0 Å². The van der Waals surface area contributed by atoms with Crippen LogP contribution in [0.1, 0.15) is 13.3 Å². The third-order valence-corrected chi connectivity index (χ3v) is 2.87. The molecule has 0 spiro atoms. The highest BCUT2D eigenvalue weighted by Gasteiger charge is 2.32. The fraction of sp³-hybridized carbons (Fsp3) is 0.778. The van der Waals surface area contributed by atoms with Gasteiger partial charge in [0.25, 0.3) is 0 Å². The second kappa shape index (κ2) is 2.09. The van der Waals surface area contributed by atoms with Crippen LogP contribution in [0.15, 0.2) is 12.2 Å². The van der Waals surface area contributed by atoms with Crippen molar-refractivity contribution in [1.29, 1.82) is 0 Å². The highest BCUT2D eigenvalue weighted by Crippen LogP contribution is 2.32. The first-order valence-electron chi connectivity index (χ1n) is 4.16. The molecule has 0 saturated carbocycles. The fourth-order valence-corrected chi connectivity index (χ4v) is 2.36. The molecular weight excluding hydrogens is 122 g/mol. The first kappa shape index (κ1) is 6.41. The van der Waals surface area contributed by atoms with E-state index < -0.39 is 0 Å². The molecule has 1 heteroatoms. The van der Waals surface area contributed by atoms with Crippen LogP contribution in [0.2, 0.25) is 0 Å². The zero-order chi connectivity index (χ0) is 7.14. The Morgan fingerprint density at radius 3 is 2.60 bits per heavy atom. The highest BCUT2D eigenvalue weighted by atomic mass is 15.1. The molecule has 0 aromatic heterocycles. The van der Waals surface area contributed by atoms with Crippen LogP contribution in [0.4, 0.5) is 0 Å². The summed E-state index contributed by atoms with van der Waals surface area (Å²) >= 11 is 0. The van der Waals surface area contributed by atoms with Gasteiger partial charge in [0.2, 0.25) is 0 Å². The van der Waals surface area contributed by atoms with Gasteiger partial charge < -0.3 is 0 Å². The summed E-state index contributed by atoms with van der Waals surface area (Å²) in [6.45, 7) is 3.64. The summed E-state index contributed by atoms with van der Waals surface area (Å²) in [5.74, 6) is 1.73. The van der Waals surface area contributed by atoms with Crippen LogP contribution in [0.5, 0.6) is 0 Å². The highest BCUT2D eigenvalue weighted by molar-refractivity contribution is 5.09. The molecule has 3 atom stereocenters. The quantitative estimate of drug-likeness (QED) is 0.457. The number of hydrogen-bond acceptors (Lipinski definition) is 1. The molecule has 2 bridgehead atoms. The average Bonchev–Trinajstić information content (AvgIpc) is 1.86. The smallest absolute Gasteiger partial charge is 0.0301 e. The molecule has 1 nitrogen and oxygen atoms in total. The summed E-state index contributed by atoms with van der Waals surface area (Å²) in [5, 5.41) is 0. The van der Waals surface area contributed by atoms with Crippen molar-refractivity contribution in [2.24, 2.45) is 11.8 Å². The second-order valence-electron chi connectivity index (χ2n) is 3.79. The first-order valence-corrected chi connectivity index (χ1v) is 4.16. The third-order valence-electron chi connectivity index (χ3n) is 2.87. The van der Waals surface area contributed by atoms with Gasteiger partial charge in [-0.25, -0.2) is 0 Å².